The van der Waals surface area contributed by atoms with Gasteiger partial charge < -0.3 is 14.3 Å². The van der Waals surface area contributed by atoms with E-state index in [0.717, 1.165) is 34.7 Å². The molecule has 2 aromatic rings. The van der Waals surface area contributed by atoms with Gasteiger partial charge >= 0.3 is 0 Å². The van der Waals surface area contributed by atoms with Crippen LogP contribution in [0.4, 0.5) is 0 Å². The van der Waals surface area contributed by atoms with Gasteiger partial charge in [-0.25, -0.2) is 0 Å². The molecular weight excluding hydrogens is 254 g/mol. The molecule has 0 aliphatic rings. The Morgan fingerprint density at radius 1 is 1.53 bits per heavy atom. The lowest BCUT2D eigenvalue weighted by atomic mass is 10.4. The van der Waals surface area contributed by atoms with E-state index < -0.39 is 0 Å². The fourth-order valence-corrected chi connectivity index (χ4v) is 2.41. The molecule has 0 bridgehead atoms. The van der Waals surface area contributed by atoms with E-state index in [1.807, 2.05) is 28.5 Å². The highest BCUT2D eigenvalue weighted by Gasteiger charge is 2.06. The summed E-state index contributed by atoms with van der Waals surface area (Å²) in [6, 6.07) is 3.78. The first kappa shape index (κ1) is 12.4. The third-order valence-electron chi connectivity index (χ3n) is 2.53. The van der Waals surface area contributed by atoms with Crippen molar-refractivity contribution in [1.29, 1.82) is 0 Å². The number of rotatable bonds is 5. The summed E-state index contributed by atoms with van der Waals surface area (Å²) in [6.07, 6.45) is 3.19. The minimum Gasteiger partial charge on any atom is -0.481 e. The Balaban J connectivity index is 2.38. The molecule has 2 aromatic heterocycles. The minimum atomic E-state index is 0.616. The molecule has 0 atom stereocenters. The lowest BCUT2D eigenvalue weighted by Gasteiger charge is -2.04. The van der Waals surface area contributed by atoms with Crippen LogP contribution in [0, 0.1) is 4.77 Å². The number of hydrogen-bond donors (Lipinski definition) is 1. The maximum Gasteiger partial charge on any atom is 0.215 e. The molecule has 0 spiro atoms. The van der Waals surface area contributed by atoms with Crippen LogP contribution in [0.15, 0.2) is 12.1 Å². The van der Waals surface area contributed by atoms with Gasteiger partial charge in [0, 0.05) is 12.6 Å². The average Bonchev–Trinajstić information content (AvgIpc) is 2.65. The lowest BCUT2D eigenvalue weighted by molar-refractivity contribution is 0.399. The molecule has 0 aromatic carbocycles. The Kier molecular flexibility index (Phi) is 4.06. The molecule has 0 radical (unpaired) electrons. The zero-order chi connectivity index (χ0) is 12.3. The number of nitrogens with zero attached hydrogens (tertiary/aromatic N) is 2. The summed E-state index contributed by atoms with van der Waals surface area (Å²) in [5.74, 6) is 1.74. The summed E-state index contributed by atoms with van der Waals surface area (Å²) >= 11 is 7.14. The van der Waals surface area contributed by atoms with Crippen LogP contribution in [0.3, 0.4) is 0 Å². The fourth-order valence-electron chi connectivity index (χ4n) is 1.70. The molecule has 0 aliphatic heterocycles. The van der Waals surface area contributed by atoms with Crippen molar-refractivity contribution in [2.45, 2.75) is 13.0 Å². The second kappa shape index (κ2) is 5.55. The molecule has 17 heavy (non-hydrogen) atoms. The lowest BCUT2D eigenvalue weighted by Crippen LogP contribution is -2.01. The van der Waals surface area contributed by atoms with Gasteiger partial charge in [0.1, 0.15) is 0 Å². The molecule has 6 heteroatoms. The van der Waals surface area contributed by atoms with Crippen LogP contribution in [0.5, 0.6) is 5.88 Å². The van der Waals surface area contributed by atoms with Crippen molar-refractivity contribution >= 4 is 35.1 Å². The molecule has 2 heterocycles. The molecular formula is C11H15N3OS2. The first-order valence-corrected chi connectivity index (χ1v) is 7.19. The summed E-state index contributed by atoms with van der Waals surface area (Å²) in [4.78, 5) is 7.59. The number of imidazole rings is 1. The maximum atomic E-state index is 5.30. The Hall–Kier alpha value is -1.01. The molecule has 0 saturated heterocycles. The smallest absolute Gasteiger partial charge is 0.215 e. The summed E-state index contributed by atoms with van der Waals surface area (Å²) in [5, 5.41) is 0. The maximum absolute atomic E-state index is 5.30. The quantitative estimate of drug-likeness (QED) is 0.669. The van der Waals surface area contributed by atoms with Gasteiger partial charge in [-0.05, 0) is 36.7 Å². The van der Waals surface area contributed by atoms with Crippen molar-refractivity contribution in [2.75, 3.05) is 19.1 Å². The zero-order valence-corrected chi connectivity index (χ0v) is 11.5. The number of thioether (sulfide) groups is 1. The number of ether oxygens (including phenoxy) is 1. The van der Waals surface area contributed by atoms with Gasteiger partial charge in [-0.1, -0.05) is 0 Å². The van der Waals surface area contributed by atoms with Crippen molar-refractivity contribution in [2.24, 2.45) is 0 Å². The van der Waals surface area contributed by atoms with E-state index in [-0.39, 0.29) is 0 Å². The predicted molar refractivity (Wildman–Crippen MR) is 74.5 cm³/mol. The highest BCUT2D eigenvalue weighted by Crippen LogP contribution is 2.16. The number of hydrogen-bond acceptors (Lipinski definition) is 4. The van der Waals surface area contributed by atoms with Gasteiger partial charge in [-0.2, -0.15) is 16.7 Å². The zero-order valence-electron chi connectivity index (χ0n) is 9.90. The van der Waals surface area contributed by atoms with Gasteiger partial charge in [0.15, 0.2) is 10.4 Å². The number of nitrogens with one attached hydrogen (secondary N) is 1. The Labute approximate surface area is 109 Å². The average molecular weight is 269 g/mol. The predicted octanol–water partition coefficient (Wildman–Crippen LogP) is 2.86. The third kappa shape index (κ3) is 2.63. The number of H-pyrrole nitrogens is 1. The van der Waals surface area contributed by atoms with Crippen LogP contribution in [0.25, 0.3) is 11.2 Å². The SMILES string of the molecule is COc1ccc2[nH]c(=S)n(CCCSC)c2n1. The topological polar surface area (TPSA) is 42.8 Å². The highest BCUT2D eigenvalue weighted by atomic mass is 32.2. The third-order valence-corrected chi connectivity index (χ3v) is 3.55. The molecule has 0 aliphatic carbocycles. The van der Waals surface area contributed by atoms with E-state index in [4.69, 9.17) is 17.0 Å². The summed E-state index contributed by atoms with van der Waals surface area (Å²) in [7, 11) is 1.62. The molecule has 0 unspecified atom stereocenters. The number of fused-ring (bicyclic) bond motifs is 1. The minimum absolute atomic E-state index is 0.616. The molecule has 4 nitrogen and oxygen atoms in total. The number of aryl methyl sites for hydroxylation is 1. The van der Waals surface area contributed by atoms with E-state index in [1.165, 1.54) is 0 Å². The van der Waals surface area contributed by atoms with E-state index >= 15 is 0 Å². The van der Waals surface area contributed by atoms with Crippen LogP contribution in [0.2, 0.25) is 0 Å². The van der Waals surface area contributed by atoms with Crippen LogP contribution < -0.4 is 4.74 Å². The molecule has 2 rings (SSSR count). The normalized spacial score (nSPS) is 10.9. The van der Waals surface area contributed by atoms with E-state index in [1.54, 1.807) is 7.11 Å². The molecule has 0 saturated carbocycles. The van der Waals surface area contributed by atoms with Crippen molar-refractivity contribution in [3.05, 3.63) is 16.9 Å². The Morgan fingerprint density at radius 2 is 2.35 bits per heavy atom. The van der Waals surface area contributed by atoms with Gasteiger partial charge in [0.05, 0.1) is 12.6 Å². The fraction of sp³-hybridized carbons (Fsp3) is 0.455. The molecule has 0 fully saturated rings. The van der Waals surface area contributed by atoms with Crippen molar-refractivity contribution in [3.8, 4) is 5.88 Å². The van der Waals surface area contributed by atoms with Crippen molar-refractivity contribution < 1.29 is 4.74 Å². The number of aromatic amines is 1. The van der Waals surface area contributed by atoms with Gasteiger partial charge in [0.2, 0.25) is 5.88 Å². The number of methoxy groups -OCH3 is 1. The Bertz CT molecular complexity index is 561. The van der Waals surface area contributed by atoms with Crippen LogP contribution >= 0.6 is 24.0 Å². The van der Waals surface area contributed by atoms with E-state index in [9.17, 15) is 0 Å². The second-order valence-electron chi connectivity index (χ2n) is 3.65. The van der Waals surface area contributed by atoms with Crippen molar-refractivity contribution in [1.82, 2.24) is 14.5 Å². The highest BCUT2D eigenvalue weighted by molar-refractivity contribution is 7.98. The van der Waals surface area contributed by atoms with Gasteiger partial charge in [0.25, 0.3) is 0 Å². The molecule has 1 N–H and O–H groups in total. The summed E-state index contributed by atoms with van der Waals surface area (Å²) in [6.45, 7) is 0.889. The van der Waals surface area contributed by atoms with Crippen LogP contribution in [-0.2, 0) is 6.54 Å². The number of pyridine rings is 1. The first-order chi connectivity index (χ1) is 8.26. The molecule has 92 valence electrons. The second-order valence-corrected chi connectivity index (χ2v) is 5.03. The summed E-state index contributed by atoms with van der Waals surface area (Å²) < 4.78 is 7.89. The van der Waals surface area contributed by atoms with E-state index in [0.29, 0.717) is 5.88 Å². The number of aromatic nitrogens is 3. The molecule has 0 amide bonds. The van der Waals surface area contributed by atoms with Crippen LogP contribution in [-0.4, -0.2) is 33.7 Å². The van der Waals surface area contributed by atoms with Gasteiger partial charge in [-0.3, -0.25) is 0 Å². The van der Waals surface area contributed by atoms with Crippen molar-refractivity contribution in [3.63, 3.8) is 0 Å². The van der Waals surface area contributed by atoms with Crippen LogP contribution in [0.1, 0.15) is 6.42 Å². The van der Waals surface area contributed by atoms with Gasteiger partial charge in [-0.15, -0.1) is 0 Å². The largest absolute Gasteiger partial charge is 0.481 e. The Morgan fingerprint density at radius 3 is 3.06 bits per heavy atom. The standard InChI is InChI=1S/C11H15N3OS2/c1-15-9-5-4-8-10(13-9)14(11(16)12-8)6-3-7-17-2/h4-5H,3,6-7H2,1-2H3,(H,12,16). The summed E-state index contributed by atoms with van der Waals surface area (Å²) in [5.41, 5.74) is 1.83. The first-order valence-electron chi connectivity index (χ1n) is 5.38. The monoisotopic (exact) mass is 269 g/mol. The van der Waals surface area contributed by atoms with E-state index in [2.05, 4.69) is 16.2 Å².